The summed E-state index contributed by atoms with van der Waals surface area (Å²) < 4.78 is 36.7. The van der Waals surface area contributed by atoms with Gasteiger partial charge in [-0.1, -0.05) is 0 Å². The molecule has 2 rings (SSSR count). The maximum Gasteiger partial charge on any atom is 0.406 e. The number of carbonyl (C=O) groups excluding carboxylic acids is 2. The van der Waals surface area contributed by atoms with Crippen molar-refractivity contribution in [1.82, 2.24) is 10.2 Å². The van der Waals surface area contributed by atoms with Gasteiger partial charge in [0, 0.05) is 0 Å². The predicted molar refractivity (Wildman–Crippen MR) is 55.6 cm³/mol. The van der Waals surface area contributed by atoms with Gasteiger partial charge in [-0.3, -0.25) is 9.69 Å². The van der Waals surface area contributed by atoms with E-state index in [2.05, 4.69) is 5.32 Å². The Hall–Kier alpha value is -0.920. The Balaban J connectivity index is 2.16. The SMILES string of the molecule is O=C1NC2(CCSCC2)C(=O)N1CC(F)(F)F. The normalized spacial score (nSPS) is 24.3. The van der Waals surface area contributed by atoms with Crippen molar-refractivity contribution in [3.63, 3.8) is 0 Å². The lowest BCUT2D eigenvalue weighted by Gasteiger charge is -2.30. The van der Waals surface area contributed by atoms with Crippen LogP contribution in [-0.4, -0.2) is 46.6 Å². The standard InChI is InChI=1S/C9H11F3N2O2S/c10-9(11,12)5-14-6(15)8(13-7(14)16)1-3-17-4-2-8/h1-5H2,(H,13,16). The van der Waals surface area contributed by atoms with Gasteiger partial charge >= 0.3 is 12.2 Å². The average molecular weight is 268 g/mol. The van der Waals surface area contributed by atoms with Crippen LogP contribution in [0, 0.1) is 0 Å². The second-order valence-electron chi connectivity index (χ2n) is 4.13. The van der Waals surface area contributed by atoms with E-state index in [4.69, 9.17) is 0 Å². The highest BCUT2D eigenvalue weighted by Gasteiger charge is 2.53. The maximum atomic E-state index is 12.2. The molecule has 1 spiro atoms. The van der Waals surface area contributed by atoms with Gasteiger partial charge in [-0.15, -0.1) is 0 Å². The van der Waals surface area contributed by atoms with Crippen LogP contribution in [0.2, 0.25) is 0 Å². The van der Waals surface area contributed by atoms with E-state index < -0.39 is 30.2 Å². The van der Waals surface area contributed by atoms with Crippen LogP contribution in [0.1, 0.15) is 12.8 Å². The number of rotatable bonds is 1. The van der Waals surface area contributed by atoms with Gasteiger partial charge in [0.05, 0.1) is 0 Å². The predicted octanol–water partition coefficient (Wildman–Crippen LogP) is 1.37. The molecule has 2 fully saturated rings. The zero-order valence-corrected chi connectivity index (χ0v) is 9.66. The molecule has 96 valence electrons. The molecule has 0 aromatic rings. The van der Waals surface area contributed by atoms with E-state index >= 15 is 0 Å². The molecule has 0 saturated carbocycles. The maximum absolute atomic E-state index is 12.2. The summed E-state index contributed by atoms with van der Waals surface area (Å²) in [5.74, 6) is 0.609. The molecular weight excluding hydrogens is 257 g/mol. The number of hydrogen-bond acceptors (Lipinski definition) is 3. The monoisotopic (exact) mass is 268 g/mol. The summed E-state index contributed by atoms with van der Waals surface area (Å²) in [4.78, 5) is 23.6. The summed E-state index contributed by atoms with van der Waals surface area (Å²) in [7, 11) is 0. The quantitative estimate of drug-likeness (QED) is 0.731. The molecule has 2 aliphatic rings. The van der Waals surface area contributed by atoms with E-state index in [1.165, 1.54) is 0 Å². The Morgan fingerprint density at radius 3 is 2.41 bits per heavy atom. The summed E-state index contributed by atoms with van der Waals surface area (Å²) in [5.41, 5.74) is -1.09. The van der Waals surface area contributed by atoms with Crippen molar-refractivity contribution < 1.29 is 22.8 Å². The third-order valence-electron chi connectivity index (χ3n) is 2.93. The van der Waals surface area contributed by atoms with Crippen LogP contribution in [0.3, 0.4) is 0 Å². The van der Waals surface area contributed by atoms with Crippen molar-refractivity contribution in [1.29, 1.82) is 0 Å². The van der Waals surface area contributed by atoms with Gasteiger partial charge in [-0.25, -0.2) is 4.79 Å². The minimum absolute atomic E-state index is 0.274. The van der Waals surface area contributed by atoms with E-state index in [0.29, 0.717) is 24.3 Å². The number of imide groups is 1. The van der Waals surface area contributed by atoms with Gasteiger partial charge in [0.15, 0.2) is 0 Å². The van der Waals surface area contributed by atoms with Crippen LogP contribution in [0.4, 0.5) is 18.0 Å². The molecule has 0 aromatic carbocycles. The highest BCUT2D eigenvalue weighted by atomic mass is 32.2. The van der Waals surface area contributed by atoms with E-state index in [0.717, 1.165) is 0 Å². The lowest BCUT2D eigenvalue weighted by atomic mass is 9.92. The van der Waals surface area contributed by atoms with Crippen LogP contribution >= 0.6 is 11.8 Å². The van der Waals surface area contributed by atoms with Crippen molar-refractivity contribution in [2.75, 3.05) is 18.1 Å². The summed E-state index contributed by atoms with van der Waals surface area (Å²) in [6.45, 7) is -1.51. The molecule has 0 radical (unpaired) electrons. The summed E-state index contributed by atoms with van der Waals surface area (Å²) in [6.07, 6.45) is -3.75. The largest absolute Gasteiger partial charge is 0.406 e. The minimum atomic E-state index is -4.55. The Morgan fingerprint density at radius 1 is 1.29 bits per heavy atom. The molecule has 0 bridgehead atoms. The molecule has 17 heavy (non-hydrogen) atoms. The minimum Gasteiger partial charge on any atom is -0.323 e. The topological polar surface area (TPSA) is 49.4 Å². The number of alkyl halides is 3. The summed E-state index contributed by atoms with van der Waals surface area (Å²) >= 11 is 1.63. The smallest absolute Gasteiger partial charge is 0.323 e. The number of carbonyl (C=O) groups is 2. The fourth-order valence-corrected chi connectivity index (χ4v) is 3.25. The fourth-order valence-electron chi connectivity index (χ4n) is 2.06. The number of hydrogen-bond donors (Lipinski definition) is 1. The van der Waals surface area contributed by atoms with Crippen LogP contribution < -0.4 is 5.32 Å². The lowest BCUT2D eigenvalue weighted by Crippen LogP contribution is -2.50. The first-order chi connectivity index (χ1) is 7.84. The molecule has 2 heterocycles. The first-order valence-electron chi connectivity index (χ1n) is 5.13. The molecule has 2 aliphatic heterocycles. The Labute approximate surface area is 99.9 Å². The van der Waals surface area contributed by atoms with E-state index in [9.17, 15) is 22.8 Å². The number of urea groups is 1. The molecule has 0 unspecified atom stereocenters. The molecule has 2 saturated heterocycles. The molecule has 1 N–H and O–H groups in total. The van der Waals surface area contributed by atoms with Crippen LogP contribution in [0.15, 0.2) is 0 Å². The zero-order chi connectivity index (χ0) is 12.7. The fraction of sp³-hybridized carbons (Fsp3) is 0.778. The molecule has 4 nitrogen and oxygen atoms in total. The van der Waals surface area contributed by atoms with Gasteiger partial charge < -0.3 is 5.32 Å². The number of thioether (sulfide) groups is 1. The lowest BCUT2D eigenvalue weighted by molar-refractivity contribution is -0.155. The number of nitrogens with one attached hydrogen (secondary N) is 1. The molecule has 3 amide bonds. The van der Waals surface area contributed by atoms with Gasteiger partial charge in [0.2, 0.25) is 0 Å². The van der Waals surface area contributed by atoms with E-state index in [1.54, 1.807) is 11.8 Å². The van der Waals surface area contributed by atoms with E-state index in [-0.39, 0.29) is 4.90 Å². The van der Waals surface area contributed by atoms with Crippen molar-refractivity contribution >= 4 is 23.7 Å². The summed E-state index contributed by atoms with van der Waals surface area (Å²) in [6, 6.07) is -0.931. The highest BCUT2D eigenvalue weighted by Crippen LogP contribution is 2.33. The molecular formula is C9H11F3N2O2S. The van der Waals surface area contributed by atoms with Gasteiger partial charge in [-0.05, 0) is 24.3 Å². The van der Waals surface area contributed by atoms with Gasteiger partial charge in [-0.2, -0.15) is 24.9 Å². The van der Waals surface area contributed by atoms with Crippen molar-refractivity contribution in [2.24, 2.45) is 0 Å². The molecule has 8 heteroatoms. The van der Waals surface area contributed by atoms with Crippen LogP contribution in [-0.2, 0) is 4.79 Å². The third kappa shape index (κ3) is 2.36. The number of nitrogens with zero attached hydrogens (tertiary/aromatic N) is 1. The number of halogens is 3. The first kappa shape index (κ1) is 12.5. The average Bonchev–Trinajstić information content (AvgIpc) is 2.43. The highest BCUT2D eigenvalue weighted by molar-refractivity contribution is 7.99. The Morgan fingerprint density at radius 2 is 1.88 bits per heavy atom. The Kier molecular flexibility index (Phi) is 3.01. The second-order valence-corrected chi connectivity index (χ2v) is 5.36. The molecule has 0 aromatic heterocycles. The molecule has 0 aliphatic carbocycles. The molecule has 0 atom stereocenters. The first-order valence-corrected chi connectivity index (χ1v) is 6.28. The number of amides is 3. The van der Waals surface area contributed by atoms with E-state index in [1.807, 2.05) is 0 Å². The summed E-state index contributed by atoms with van der Waals surface area (Å²) in [5, 5.41) is 2.42. The van der Waals surface area contributed by atoms with Crippen molar-refractivity contribution in [2.45, 2.75) is 24.6 Å². The Bertz CT molecular complexity index is 353. The second kappa shape index (κ2) is 4.08. The van der Waals surface area contributed by atoms with Crippen molar-refractivity contribution in [3.8, 4) is 0 Å². The third-order valence-corrected chi connectivity index (χ3v) is 3.92. The zero-order valence-electron chi connectivity index (χ0n) is 8.84. The van der Waals surface area contributed by atoms with Crippen LogP contribution in [0.25, 0.3) is 0 Å². The van der Waals surface area contributed by atoms with Crippen LogP contribution in [0.5, 0.6) is 0 Å². The van der Waals surface area contributed by atoms with Gasteiger partial charge in [0.1, 0.15) is 12.1 Å². The van der Waals surface area contributed by atoms with Gasteiger partial charge in [0.25, 0.3) is 5.91 Å². The van der Waals surface area contributed by atoms with Crippen molar-refractivity contribution in [3.05, 3.63) is 0 Å².